The van der Waals surface area contributed by atoms with E-state index in [1.165, 1.54) is 0 Å². The topological polar surface area (TPSA) is 80.9 Å². The molecule has 0 saturated carbocycles. The number of halogens is 1. The Labute approximate surface area is 91.0 Å². The van der Waals surface area contributed by atoms with Gasteiger partial charge in [0.25, 0.3) is 5.82 Å². The van der Waals surface area contributed by atoms with Gasteiger partial charge in [-0.2, -0.15) is 4.40 Å². The molecule has 2 heterocycles. The van der Waals surface area contributed by atoms with Crippen molar-refractivity contribution in [2.45, 2.75) is 6.61 Å². The standard InChI is InChI=1S/C8H10ClN5O/c9-1-4-15-5-6-12-13-8-7(10)11-2-3-14(6)8/h2-3H,1,4-5H2,(H2,10,11)/p+1. The predicted octanol–water partition coefficient (Wildman–Crippen LogP) is -0.119. The van der Waals surface area contributed by atoms with Crippen LogP contribution in [0.4, 0.5) is 5.82 Å². The molecule has 0 bridgehead atoms. The van der Waals surface area contributed by atoms with Crippen LogP contribution in [0.15, 0.2) is 12.4 Å². The van der Waals surface area contributed by atoms with Crippen LogP contribution in [-0.4, -0.2) is 27.7 Å². The number of nitrogens with zero attached hydrogens (tertiary/aromatic N) is 3. The van der Waals surface area contributed by atoms with E-state index in [-0.39, 0.29) is 0 Å². The van der Waals surface area contributed by atoms with Crippen molar-refractivity contribution >= 4 is 23.1 Å². The quantitative estimate of drug-likeness (QED) is 0.434. The van der Waals surface area contributed by atoms with Crippen LogP contribution in [-0.2, 0) is 11.3 Å². The number of alkyl halides is 1. The van der Waals surface area contributed by atoms with Crippen LogP contribution in [0.25, 0.3) is 5.65 Å². The third kappa shape index (κ3) is 2.00. The summed E-state index contributed by atoms with van der Waals surface area (Å²) in [6, 6.07) is 0. The molecular weight excluding hydrogens is 218 g/mol. The first-order valence-corrected chi connectivity index (χ1v) is 4.99. The Morgan fingerprint density at radius 2 is 2.47 bits per heavy atom. The summed E-state index contributed by atoms with van der Waals surface area (Å²) in [5.41, 5.74) is 6.25. The second-order valence-corrected chi connectivity index (χ2v) is 3.30. The number of nitrogen functional groups attached to an aromatic ring is 1. The third-order valence-electron chi connectivity index (χ3n) is 1.93. The maximum atomic E-state index is 5.65. The fourth-order valence-electron chi connectivity index (χ4n) is 1.26. The molecule has 0 atom stereocenters. The van der Waals surface area contributed by atoms with Gasteiger partial charge in [-0.15, -0.1) is 16.7 Å². The zero-order valence-electron chi connectivity index (χ0n) is 7.98. The van der Waals surface area contributed by atoms with Crippen LogP contribution in [0, 0.1) is 0 Å². The smallest absolute Gasteiger partial charge is 0.348 e. The monoisotopic (exact) mass is 228 g/mol. The lowest BCUT2D eigenvalue weighted by atomic mass is 10.5. The summed E-state index contributed by atoms with van der Waals surface area (Å²) < 4.78 is 7.09. The molecule has 0 aliphatic rings. The highest BCUT2D eigenvalue weighted by atomic mass is 35.5. The average molecular weight is 229 g/mol. The van der Waals surface area contributed by atoms with Gasteiger partial charge in [-0.25, -0.2) is 4.98 Å². The molecule has 15 heavy (non-hydrogen) atoms. The largest absolute Gasteiger partial charge is 0.378 e. The highest BCUT2D eigenvalue weighted by Crippen LogP contribution is 2.01. The third-order valence-corrected chi connectivity index (χ3v) is 2.08. The maximum Gasteiger partial charge on any atom is 0.348 e. The van der Waals surface area contributed by atoms with Gasteiger partial charge in [-0.3, -0.25) is 0 Å². The van der Waals surface area contributed by atoms with E-state index in [4.69, 9.17) is 22.1 Å². The van der Waals surface area contributed by atoms with Gasteiger partial charge < -0.3 is 10.5 Å². The van der Waals surface area contributed by atoms with Crippen molar-refractivity contribution in [2.75, 3.05) is 18.2 Å². The Hall–Kier alpha value is -1.40. The first-order valence-electron chi connectivity index (χ1n) is 4.45. The molecule has 7 heteroatoms. The van der Waals surface area contributed by atoms with Crippen LogP contribution in [0.5, 0.6) is 0 Å². The average Bonchev–Trinajstić information content (AvgIpc) is 2.64. The molecule has 0 aliphatic heterocycles. The second kappa shape index (κ2) is 4.41. The van der Waals surface area contributed by atoms with E-state index >= 15 is 0 Å². The zero-order chi connectivity index (χ0) is 10.7. The van der Waals surface area contributed by atoms with Gasteiger partial charge in [0.1, 0.15) is 6.61 Å². The molecule has 0 unspecified atom stereocenters. The molecule has 0 aliphatic carbocycles. The molecule has 0 spiro atoms. The summed E-state index contributed by atoms with van der Waals surface area (Å²) in [7, 11) is 0. The predicted molar refractivity (Wildman–Crippen MR) is 54.3 cm³/mol. The van der Waals surface area contributed by atoms with E-state index in [0.29, 0.717) is 30.6 Å². The van der Waals surface area contributed by atoms with E-state index in [0.717, 1.165) is 5.82 Å². The van der Waals surface area contributed by atoms with E-state index in [1.807, 2.05) is 0 Å². The van der Waals surface area contributed by atoms with Crippen molar-refractivity contribution < 1.29 is 9.14 Å². The summed E-state index contributed by atoms with van der Waals surface area (Å²) in [5, 5.41) is 6.87. The minimum absolute atomic E-state index is 0.386. The summed E-state index contributed by atoms with van der Waals surface area (Å²) in [6.07, 6.45) is 3.39. The van der Waals surface area contributed by atoms with Gasteiger partial charge in [0.15, 0.2) is 0 Å². The normalized spacial score (nSPS) is 11.0. The molecule has 0 radical (unpaired) electrons. The van der Waals surface area contributed by atoms with Crippen molar-refractivity contribution in [1.82, 2.24) is 15.2 Å². The lowest BCUT2D eigenvalue weighted by Crippen LogP contribution is -2.26. The fraction of sp³-hybridized carbons (Fsp3) is 0.375. The Morgan fingerprint density at radius 3 is 3.27 bits per heavy atom. The number of nitrogens with one attached hydrogen (secondary N) is 1. The van der Waals surface area contributed by atoms with Crippen LogP contribution >= 0.6 is 11.6 Å². The van der Waals surface area contributed by atoms with Gasteiger partial charge in [-0.1, -0.05) is 0 Å². The Kier molecular flexibility index (Phi) is 2.98. The maximum absolute atomic E-state index is 5.65. The molecule has 2 aromatic rings. The van der Waals surface area contributed by atoms with Crippen molar-refractivity contribution in [3.8, 4) is 0 Å². The Balaban J connectivity index is 2.25. The molecule has 0 amide bonds. The van der Waals surface area contributed by atoms with Crippen LogP contribution < -0.4 is 10.1 Å². The molecule has 6 nitrogen and oxygen atoms in total. The number of rotatable bonds is 4. The zero-order valence-corrected chi connectivity index (χ0v) is 8.74. The number of hydrogen-bond donors (Lipinski definition) is 2. The highest BCUT2D eigenvalue weighted by Gasteiger charge is 2.15. The molecule has 3 N–H and O–H groups in total. The van der Waals surface area contributed by atoms with Gasteiger partial charge in [0, 0.05) is 11.0 Å². The minimum atomic E-state index is 0.386. The van der Waals surface area contributed by atoms with Crippen molar-refractivity contribution in [3.05, 3.63) is 18.2 Å². The first kappa shape index (κ1) is 10.1. The molecule has 2 aromatic heterocycles. The van der Waals surface area contributed by atoms with Gasteiger partial charge in [-0.05, 0) is 0 Å². The van der Waals surface area contributed by atoms with Gasteiger partial charge in [0.05, 0.1) is 19.0 Å². The number of anilines is 1. The number of fused-ring (bicyclic) bond motifs is 1. The first-order chi connectivity index (χ1) is 7.33. The number of H-pyrrole nitrogens is 1. The summed E-state index contributed by atoms with van der Waals surface area (Å²) in [5.74, 6) is 1.67. The molecular formula is C8H11ClN5O+. The fourth-order valence-corrected chi connectivity index (χ4v) is 1.37. The van der Waals surface area contributed by atoms with Crippen molar-refractivity contribution in [2.24, 2.45) is 0 Å². The minimum Gasteiger partial charge on any atom is -0.378 e. The lowest BCUT2D eigenvalue weighted by molar-refractivity contribution is -0.525. The molecule has 0 aromatic carbocycles. The SMILES string of the molecule is Nc1ncc[n+]2c(COCCCl)[nH]nc12. The molecule has 80 valence electrons. The number of aromatic nitrogens is 4. The number of hydrogen-bond acceptors (Lipinski definition) is 4. The number of aromatic amines is 1. The summed E-state index contributed by atoms with van der Waals surface area (Å²) in [6.45, 7) is 0.917. The highest BCUT2D eigenvalue weighted by molar-refractivity contribution is 6.17. The van der Waals surface area contributed by atoms with Gasteiger partial charge in [0.2, 0.25) is 5.82 Å². The van der Waals surface area contributed by atoms with E-state index in [9.17, 15) is 0 Å². The van der Waals surface area contributed by atoms with Crippen LogP contribution in [0.2, 0.25) is 0 Å². The van der Waals surface area contributed by atoms with E-state index < -0.39 is 0 Å². The number of nitrogens with two attached hydrogens (primary N) is 1. The van der Waals surface area contributed by atoms with Crippen molar-refractivity contribution in [1.29, 1.82) is 0 Å². The second-order valence-electron chi connectivity index (χ2n) is 2.92. The lowest BCUT2D eigenvalue weighted by Gasteiger charge is -1.96. The Morgan fingerprint density at radius 1 is 1.60 bits per heavy atom. The van der Waals surface area contributed by atoms with E-state index in [1.54, 1.807) is 16.8 Å². The summed E-state index contributed by atoms with van der Waals surface area (Å²) in [4.78, 5) is 3.93. The Bertz CT molecular complexity index is 457. The van der Waals surface area contributed by atoms with Crippen LogP contribution in [0.3, 0.4) is 0 Å². The van der Waals surface area contributed by atoms with Gasteiger partial charge >= 0.3 is 5.65 Å². The number of ether oxygens (including phenoxy) is 1. The molecule has 2 rings (SSSR count). The van der Waals surface area contributed by atoms with Crippen LogP contribution in [0.1, 0.15) is 5.82 Å². The molecule has 0 fully saturated rings. The van der Waals surface area contributed by atoms with E-state index in [2.05, 4.69) is 15.2 Å². The van der Waals surface area contributed by atoms with Crippen molar-refractivity contribution in [3.63, 3.8) is 0 Å². The summed E-state index contributed by atoms with van der Waals surface area (Å²) >= 11 is 5.50. The molecule has 0 saturated heterocycles.